The minimum atomic E-state index is -0.760. The zero-order chi connectivity index (χ0) is 39.6. The fourth-order valence-electron chi connectivity index (χ4n) is 7.12. The number of ether oxygens (including phenoxy) is 3. The van der Waals surface area contributed by atoms with Crippen molar-refractivity contribution in [3.63, 3.8) is 0 Å². The van der Waals surface area contributed by atoms with E-state index in [-0.39, 0.29) is 31.1 Å². The molecular weight excluding hydrogens is 673 g/mol. The molecule has 0 spiro atoms. The first-order chi connectivity index (χ1) is 26.4. The van der Waals surface area contributed by atoms with E-state index in [0.717, 1.165) is 63.7 Å². The predicted molar refractivity (Wildman–Crippen MR) is 229 cm³/mol. The number of unbranched alkanes of at least 4 members (excludes halogenated alkanes) is 29. The Hall–Kier alpha value is -1.59. The summed E-state index contributed by atoms with van der Waals surface area (Å²) in [5.74, 6) is -0.0469. The number of esters is 3. The number of hydrogen-bond donors (Lipinski definition) is 0. The first kappa shape index (κ1) is 52.4. The third-order valence-corrected chi connectivity index (χ3v) is 11.2. The highest BCUT2D eigenvalue weighted by Gasteiger charge is 2.19. The molecular formula is C48H92O6. The minimum Gasteiger partial charge on any atom is -0.462 e. The van der Waals surface area contributed by atoms with Crippen LogP contribution < -0.4 is 0 Å². The highest BCUT2D eigenvalue weighted by atomic mass is 16.6. The molecule has 6 nitrogen and oxygen atoms in total. The first-order valence-electron chi connectivity index (χ1n) is 23.9. The van der Waals surface area contributed by atoms with Crippen LogP contribution in [-0.2, 0) is 28.6 Å². The molecule has 0 saturated carbocycles. The lowest BCUT2D eigenvalue weighted by molar-refractivity contribution is -0.167. The molecule has 0 aliphatic rings. The van der Waals surface area contributed by atoms with Crippen LogP contribution >= 0.6 is 0 Å². The third kappa shape index (κ3) is 40.1. The van der Waals surface area contributed by atoms with Crippen LogP contribution in [0.1, 0.15) is 265 Å². The van der Waals surface area contributed by atoms with Gasteiger partial charge >= 0.3 is 17.9 Å². The number of carbonyl (C=O) groups is 3. The smallest absolute Gasteiger partial charge is 0.306 e. The largest absolute Gasteiger partial charge is 0.462 e. The van der Waals surface area contributed by atoms with Crippen molar-refractivity contribution in [3.8, 4) is 0 Å². The van der Waals surface area contributed by atoms with Gasteiger partial charge in [-0.25, -0.2) is 0 Å². The Bertz CT molecular complexity index is 813. The van der Waals surface area contributed by atoms with Gasteiger partial charge in [0.25, 0.3) is 0 Å². The molecule has 0 heterocycles. The summed E-state index contributed by atoms with van der Waals surface area (Å²) in [5.41, 5.74) is 0. The van der Waals surface area contributed by atoms with E-state index in [1.807, 2.05) is 0 Å². The van der Waals surface area contributed by atoms with E-state index >= 15 is 0 Å². The summed E-state index contributed by atoms with van der Waals surface area (Å²) in [7, 11) is 0. The van der Waals surface area contributed by atoms with Gasteiger partial charge in [0.15, 0.2) is 6.10 Å². The Labute approximate surface area is 336 Å². The van der Waals surface area contributed by atoms with Crippen LogP contribution in [0.25, 0.3) is 0 Å². The Kier molecular flexibility index (Phi) is 41.3. The van der Waals surface area contributed by atoms with Crippen molar-refractivity contribution in [2.45, 2.75) is 271 Å². The molecule has 6 heteroatoms. The lowest BCUT2D eigenvalue weighted by Gasteiger charge is -2.18. The summed E-state index contributed by atoms with van der Waals surface area (Å²) in [4.78, 5) is 37.7. The van der Waals surface area contributed by atoms with Crippen LogP contribution in [0.5, 0.6) is 0 Å². The van der Waals surface area contributed by atoms with Gasteiger partial charge in [-0.2, -0.15) is 0 Å². The van der Waals surface area contributed by atoms with Crippen LogP contribution in [0.4, 0.5) is 0 Å². The molecule has 0 rings (SSSR count). The predicted octanol–water partition coefficient (Wildman–Crippen LogP) is 15.1. The second-order valence-electron chi connectivity index (χ2n) is 16.6. The Morgan fingerprint density at radius 1 is 0.370 bits per heavy atom. The van der Waals surface area contributed by atoms with Crippen molar-refractivity contribution in [1.82, 2.24) is 0 Å². The van der Waals surface area contributed by atoms with Crippen molar-refractivity contribution in [2.24, 2.45) is 5.92 Å². The number of hydrogen-bond acceptors (Lipinski definition) is 6. The molecule has 0 radical (unpaired) electrons. The summed E-state index contributed by atoms with van der Waals surface area (Å²) in [6, 6.07) is 0. The van der Waals surface area contributed by atoms with Gasteiger partial charge in [0.1, 0.15) is 13.2 Å². The van der Waals surface area contributed by atoms with Crippen molar-refractivity contribution < 1.29 is 28.6 Å². The van der Waals surface area contributed by atoms with Gasteiger partial charge in [-0.1, -0.05) is 227 Å². The molecule has 0 aliphatic carbocycles. The SMILES string of the molecule is CCCCCCCCCCCCCCCCCCCC(=O)OC[C@H](COC(=O)CCCCCCCCCCC)OC(=O)CCCCCCCCC(C)CC. The highest BCUT2D eigenvalue weighted by molar-refractivity contribution is 5.71. The fraction of sp³-hybridized carbons (Fsp3) is 0.938. The molecule has 0 fully saturated rings. The average Bonchev–Trinajstić information content (AvgIpc) is 3.17. The van der Waals surface area contributed by atoms with Gasteiger partial charge in [-0.15, -0.1) is 0 Å². The van der Waals surface area contributed by atoms with Gasteiger partial charge in [0.05, 0.1) is 0 Å². The summed E-state index contributed by atoms with van der Waals surface area (Å²) in [5, 5.41) is 0. The molecule has 0 amide bonds. The molecule has 320 valence electrons. The quantitative estimate of drug-likeness (QED) is 0.0349. The van der Waals surface area contributed by atoms with Gasteiger partial charge in [0.2, 0.25) is 0 Å². The second-order valence-corrected chi connectivity index (χ2v) is 16.6. The Morgan fingerprint density at radius 3 is 0.963 bits per heavy atom. The maximum Gasteiger partial charge on any atom is 0.306 e. The highest BCUT2D eigenvalue weighted by Crippen LogP contribution is 2.17. The monoisotopic (exact) mass is 765 g/mol. The fourth-order valence-corrected chi connectivity index (χ4v) is 7.12. The summed E-state index contributed by atoms with van der Waals surface area (Å²) < 4.78 is 16.7. The van der Waals surface area contributed by atoms with Crippen molar-refractivity contribution in [2.75, 3.05) is 13.2 Å². The third-order valence-electron chi connectivity index (χ3n) is 11.2. The summed E-state index contributed by atoms with van der Waals surface area (Å²) >= 11 is 0. The van der Waals surface area contributed by atoms with Crippen molar-refractivity contribution in [3.05, 3.63) is 0 Å². The van der Waals surface area contributed by atoms with E-state index in [9.17, 15) is 14.4 Å². The normalized spacial score (nSPS) is 12.4. The van der Waals surface area contributed by atoms with Crippen LogP contribution in [0, 0.1) is 5.92 Å². The maximum absolute atomic E-state index is 12.7. The van der Waals surface area contributed by atoms with Crippen LogP contribution in [-0.4, -0.2) is 37.2 Å². The van der Waals surface area contributed by atoms with Crippen molar-refractivity contribution in [1.29, 1.82) is 0 Å². The molecule has 54 heavy (non-hydrogen) atoms. The zero-order valence-corrected chi connectivity index (χ0v) is 36.7. The standard InChI is InChI=1S/C48H92O6/c1-5-8-10-12-14-16-17-18-19-20-21-22-23-25-27-32-36-40-47(50)53-43-45(42-52-46(49)39-35-31-26-24-15-13-11-9-6-2)54-48(51)41-37-33-29-28-30-34-38-44(4)7-3/h44-45H,5-43H2,1-4H3/t44?,45-/m0/s1. The molecule has 2 atom stereocenters. The molecule has 0 N–H and O–H groups in total. The van der Waals surface area contributed by atoms with E-state index in [1.165, 1.54) is 161 Å². The summed E-state index contributed by atoms with van der Waals surface area (Å²) in [6.07, 6.45) is 42.4. The summed E-state index contributed by atoms with van der Waals surface area (Å²) in [6.45, 7) is 8.96. The molecule has 0 aromatic rings. The van der Waals surface area contributed by atoms with Gasteiger partial charge < -0.3 is 14.2 Å². The van der Waals surface area contributed by atoms with E-state index in [4.69, 9.17) is 14.2 Å². The van der Waals surface area contributed by atoms with Crippen LogP contribution in [0.3, 0.4) is 0 Å². The maximum atomic E-state index is 12.7. The zero-order valence-electron chi connectivity index (χ0n) is 36.7. The molecule has 0 aromatic carbocycles. The molecule has 0 aliphatic heterocycles. The molecule has 0 saturated heterocycles. The van der Waals surface area contributed by atoms with Crippen LogP contribution in [0.2, 0.25) is 0 Å². The van der Waals surface area contributed by atoms with Gasteiger partial charge in [-0.05, 0) is 25.2 Å². The molecule has 0 bridgehead atoms. The van der Waals surface area contributed by atoms with E-state index in [1.54, 1.807) is 0 Å². The minimum absolute atomic E-state index is 0.0645. The lowest BCUT2D eigenvalue weighted by atomic mass is 10.00. The van der Waals surface area contributed by atoms with Crippen molar-refractivity contribution >= 4 is 17.9 Å². The second kappa shape index (κ2) is 42.6. The van der Waals surface area contributed by atoms with Crippen LogP contribution in [0.15, 0.2) is 0 Å². The first-order valence-corrected chi connectivity index (χ1v) is 23.9. The van der Waals surface area contributed by atoms with Gasteiger partial charge in [-0.3, -0.25) is 14.4 Å². The number of carbonyl (C=O) groups excluding carboxylic acids is 3. The molecule has 1 unspecified atom stereocenters. The van der Waals surface area contributed by atoms with E-state index in [0.29, 0.717) is 19.3 Å². The van der Waals surface area contributed by atoms with E-state index in [2.05, 4.69) is 27.7 Å². The lowest BCUT2D eigenvalue weighted by Crippen LogP contribution is -2.30. The topological polar surface area (TPSA) is 78.9 Å². The Balaban J connectivity index is 4.24. The average molecular weight is 765 g/mol. The molecule has 0 aromatic heterocycles. The Morgan fingerprint density at radius 2 is 0.648 bits per heavy atom. The van der Waals surface area contributed by atoms with Gasteiger partial charge in [0, 0.05) is 19.3 Å². The number of rotatable bonds is 43. The van der Waals surface area contributed by atoms with E-state index < -0.39 is 6.10 Å².